The number of amides is 1. The molecule has 0 saturated heterocycles. The molecule has 0 aliphatic carbocycles. The molecule has 0 atom stereocenters. The zero-order valence-electron chi connectivity index (χ0n) is 11.0. The summed E-state index contributed by atoms with van der Waals surface area (Å²) in [5, 5.41) is 2.80. The Labute approximate surface area is 138 Å². The first-order valence-electron chi connectivity index (χ1n) is 6.08. The first kappa shape index (κ1) is 16.6. The summed E-state index contributed by atoms with van der Waals surface area (Å²) in [6, 6.07) is 7.48. The molecule has 1 N–H and O–H groups in total. The molecule has 1 aromatic heterocycles. The average Bonchev–Trinajstić information content (AvgIpc) is 2.46. The molecule has 0 bridgehead atoms. The van der Waals surface area contributed by atoms with Crippen LogP contribution in [-0.2, 0) is 6.54 Å². The van der Waals surface area contributed by atoms with Crippen molar-refractivity contribution < 1.29 is 18.3 Å². The minimum absolute atomic E-state index is 0.00580. The molecular formula is C14H10BrClF2N2O2. The second-order valence-corrected chi connectivity index (χ2v) is 5.48. The number of halogens is 4. The Kier molecular flexibility index (Phi) is 5.68. The molecular weight excluding hydrogens is 382 g/mol. The van der Waals surface area contributed by atoms with Crippen LogP contribution in [0.5, 0.6) is 5.75 Å². The number of carbonyl (C=O) groups is 1. The van der Waals surface area contributed by atoms with Crippen LogP contribution in [-0.4, -0.2) is 17.5 Å². The van der Waals surface area contributed by atoms with Crippen LogP contribution in [0.3, 0.4) is 0 Å². The lowest BCUT2D eigenvalue weighted by Crippen LogP contribution is -2.23. The van der Waals surface area contributed by atoms with E-state index in [1.807, 2.05) is 0 Å². The van der Waals surface area contributed by atoms with Gasteiger partial charge in [0.1, 0.15) is 10.9 Å². The number of aromatic nitrogens is 1. The molecule has 2 rings (SSSR count). The summed E-state index contributed by atoms with van der Waals surface area (Å²) < 4.78 is 29.8. The van der Waals surface area contributed by atoms with Gasteiger partial charge < -0.3 is 10.1 Å². The summed E-state index contributed by atoms with van der Waals surface area (Å²) >= 11 is 8.95. The number of pyridine rings is 1. The number of ether oxygens (including phenoxy) is 1. The fraction of sp³-hybridized carbons (Fsp3) is 0.143. The summed E-state index contributed by atoms with van der Waals surface area (Å²) in [5.74, 6) is -0.390. The van der Waals surface area contributed by atoms with Crippen molar-refractivity contribution in [1.29, 1.82) is 0 Å². The first-order valence-corrected chi connectivity index (χ1v) is 7.26. The highest BCUT2D eigenvalue weighted by Gasteiger charge is 2.12. The van der Waals surface area contributed by atoms with Crippen LogP contribution in [0.25, 0.3) is 0 Å². The second-order valence-electron chi connectivity index (χ2n) is 4.18. The second kappa shape index (κ2) is 7.51. The molecule has 0 fully saturated rings. The van der Waals surface area contributed by atoms with E-state index in [1.165, 1.54) is 24.4 Å². The van der Waals surface area contributed by atoms with Crippen molar-refractivity contribution in [3.63, 3.8) is 0 Å². The number of carbonyl (C=O) groups excluding carboxylic acids is 1. The van der Waals surface area contributed by atoms with Crippen molar-refractivity contribution >= 4 is 33.4 Å². The highest BCUT2D eigenvalue weighted by Crippen LogP contribution is 2.24. The zero-order valence-corrected chi connectivity index (χ0v) is 13.4. The highest BCUT2D eigenvalue weighted by molar-refractivity contribution is 9.10. The molecule has 8 heteroatoms. The molecule has 0 radical (unpaired) electrons. The van der Waals surface area contributed by atoms with Crippen molar-refractivity contribution in [2.24, 2.45) is 0 Å². The molecule has 116 valence electrons. The summed E-state index contributed by atoms with van der Waals surface area (Å²) in [7, 11) is 0. The fourth-order valence-electron chi connectivity index (χ4n) is 1.72. The van der Waals surface area contributed by atoms with Gasteiger partial charge in [-0.3, -0.25) is 4.79 Å². The standard InChI is InChI=1S/C14H10BrClF2N2O2/c15-10-1-2-11(22-14(17)18)9(5-10)7-20-13(21)8-3-4-19-12(16)6-8/h1-6,14H,7H2,(H,20,21). The number of nitrogens with zero attached hydrogens (tertiary/aromatic N) is 1. The van der Waals surface area contributed by atoms with Gasteiger partial charge in [-0.05, 0) is 30.3 Å². The molecule has 1 aromatic carbocycles. The van der Waals surface area contributed by atoms with E-state index in [9.17, 15) is 13.6 Å². The molecule has 4 nitrogen and oxygen atoms in total. The molecule has 0 saturated carbocycles. The van der Waals surface area contributed by atoms with E-state index in [2.05, 4.69) is 31.0 Å². The van der Waals surface area contributed by atoms with Gasteiger partial charge in [-0.2, -0.15) is 8.78 Å². The topological polar surface area (TPSA) is 51.2 Å². The maximum absolute atomic E-state index is 12.4. The van der Waals surface area contributed by atoms with Gasteiger partial charge in [-0.15, -0.1) is 0 Å². The lowest BCUT2D eigenvalue weighted by Gasteiger charge is -2.12. The van der Waals surface area contributed by atoms with Gasteiger partial charge in [0.2, 0.25) is 0 Å². The van der Waals surface area contributed by atoms with Crippen LogP contribution in [0.2, 0.25) is 5.15 Å². The van der Waals surface area contributed by atoms with Crippen molar-refractivity contribution in [3.8, 4) is 5.75 Å². The predicted molar refractivity (Wildman–Crippen MR) is 81.2 cm³/mol. The molecule has 0 unspecified atom stereocenters. The minimum atomic E-state index is -2.94. The maximum Gasteiger partial charge on any atom is 0.387 e. The first-order chi connectivity index (χ1) is 10.5. The van der Waals surface area contributed by atoms with E-state index in [4.69, 9.17) is 11.6 Å². The lowest BCUT2D eigenvalue weighted by atomic mass is 10.2. The van der Waals surface area contributed by atoms with Crippen LogP contribution in [0.15, 0.2) is 41.0 Å². The number of nitrogens with one attached hydrogen (secondary N) is 1. The minimum Gasteiger partial charge on any atom is -0.434 e. The summed E-state index contributed by atoms with van der Waals surface area (Å²) in [6.45, 7) is -2.91. The van der Waals surface area contributed by atoms with E-state index >= 15 is 0 Å². The molecule has 22 heavy (non-hydrogen) atoms. The zero-order chi connectivity index (χ0) is 16.1. The van der Waals surface area contributed by atoms with Gasteiger partial charge in [0.05, 0.1) is 0 Å². The number of rotatable bonds is 5. The smallest absolute Gasteiger partial charge is 0.387 e. The van der Waals surface area contributed by atoms with Gasteiger partial charge in [-0.1, -0.05) is 27.5 Å². The van der Waals surface area contributed by atoms with Crippen LogP contribution in [0.1, 0.15) is 15.9 Å². The van der Waals surface area contributed by atoms with Crippen LogP contribution < -0.4 is 10.1 Å². The Morgan fingerprint density at radius 2 is 2.14 bits per heavy atom. The van der Waals surface area contributed by atoms with Gasteiger partial charge in [0.25, 0.3) is 5.91 Å². The van der Waals surface area contributed by atoms with Crippen molar-refractivity contribution in [2.75, 3.05) is 0 Å². The van der Waals surface area contributed by atoms with Gasteiger partial charge in [-0.25, -0.2) is 4.98 Å². The van der Waals surface area contributed by atoms with Crippen molar-refractivity contribution in [1.82, 2.24) is 10.3 Å². The third-order valence-corrected chi connectivity index (χ3v) is 3.37. The van der Waals surface area contributed by atoms with E-state index in [0.717, 1.165) is 0 Å². The predicted octanol–water partition coefficient (Wildman–Crippen LogP) is 4.03. The van der Waals surface area contributed by atoms with Crippen LogP contribution in [0.4, 0.5) is 8.78 Å². The fourth-order valence-corrected chi connectivity index (χ4v) is 2.30. The number of hydrogen-bond donors (Lipinski definition) is 1. The molecule has 0 aliphatic heterocycles. The maximum atomic E-state index is 12.4. The van der Waals surface area contributed by atoms with E-state index in [1.54, 1.807) is 12.1 Å². The Hall–Kier alpha value is -1.73. The SMILES string of the molecule is O=C(NCc1cc(Br)ccc1OC(F)F)c1ccnc(Cl)c1. The van der Waals surface area contributed by atoms with E-state index < -0.39 is 12.5 Å². The third-order valence-electron chi connectivity index (χ3n) is 2.67. The molecule has 2 aromatic rings. The molecule has 0 aliphatic rings. The van der Waals surface area contributed by atoms with Gasteiger partial charge in [0, 0.05) is 28.3 Å². The van der Waals surface area contributed by atoms with E-state index in [0.29, 0.717) is 15.6 Å². The molecule has 1 amide bonds. The lowest BCUT2D eigenvalue weighted by molar-refractivity contribution is -0.0504. The number of hydrogen-bond acceptors (Lipinski definition) is 3. The third kappa shape index (κ3) is 4.64. The Balaban J connectivity index is 2.10. The van der Waals surface area contributed by atoms with Crippen molar-refractivity contribution in [3.05, 3.63) is 57.3 Å². The highest BCUT2D eigenvalue weighted by atomic mass is 79.9. The molecule has 0 spiro atoms. The average molecular weight is 392 g/mol. The summed E-state index contributed by atoms with van der Waals surface area (Å²) in [5.41, 5.74) is 0.745. The largest absolute Gasteiger partial charge is 0.434 e. The van der Waals surface area contributed by atoms with Crippen LogP contribution >= 0.6 is 27.5 Å². The van der Waals surface area contributed by atoms with Crippen LogP contribution in [0, 0.1) is 0 Å². The Bertz CT molecular complexity index is 686. The number of alkyl halides is 2. The molecule has 1 heterocycles. The normalized spacial score (nSPS) is 10.6. The summed E-state index contributed by atoms with van der Waals surface area (Å²) in [4.78, 5) is 15.8. The quantitative estimate of drug-likeness (QED) is 0.783. The Morgan fingerprint density at radius 1 is 1.36 bits per heavy atom. The monoisotopic (exact) mass is 390 g/mol. The van der Waals surface area contributed by atoms with Gasteiger partial charge in [0.15, 0.2) is 0 Å². The van der Waals surface area contributed by atoms with Gasteiger partial charge >= 0.3 is 6.61 Å². The summed E-state index contributed by atoms with van der Waals surface area (Å²) in [6.07, 6.45) is 1.40. The van der Waals surface area contributed by atoms with E-state index in [-0.39, 0.29) is 17.4 Å². The Morgan fingerprint density at radius 3 is 2.82 bits per heavy atom. The van der Waals surface area contributed by atoms with Crippen molar-refractivity contribution in [2.45, 2.75) is 13.2 Å². The number of benzene rings is 1.